The second kappa shape index (κ2) is 8.63. The first-order valence-corrected chi connectivity index (χ1v) is 10.4. The Kier molecular flexibility index (Phi) is 6.32. The molecule has 0 unspecified atom stereocenters. The van der Waals surface area contributed by atoms with Gasteiger partial charge in [0.05, 0.1) is 31.8 Å². The Morgan fingerprint density at radius 1 is 1.32 bits per heavy atom. The number of esters is 1. The summed E-state index contributed by atoms with van der Waals surface area (Å²) < 4.78 is 16.1. The van der Waals surface area contributed by atoms with Crippen LogP contribution in [0.1, 0.15) is 38.2 Å². The number of rotatable bonds is 5. The van der Waals surface area contributed by atoms with Crippen molar-refractivity contribution in [3.05, 3.63) is 44.8 Å². The molecule has 1 aromatic carbocycles. The highest BCUT2D eigenvalue weighted by Gasteiger charge is 2.42. The molecule has 0 aromatic heterocycles. The minimum Gasteiger partial charge on any atom is -0.493 e. The summed E-state index contributed by atoms with van der Waals surface area (Å²) in [4.78, 5) is 24.6. The van der Waals surface area contributed by atoms with Crippen molar-refractivity contribution in [3.8, 4) is 17.6 Å². The second-order valence-electron chi connectivity index (χ2n) is 8.22. The standard InChI is InChI=1S/C22H24BrN3O5/c1-22(2)7-14-20(15(27)8-22)19(12(9-24)21(25)26-14)11-5-16(29-3)17(6-13(11)23)31-10-18(28)30-4/h5-6,19,26H,7-8,10,25H2,1-4H3/t19-/m0/s1. The molecule has 2 aliphatic rings. The molecule has 0 saturated carbocycles. The summed E-state index contributed by atoms with van der Waals surface area (Å²) in [6.45, 7) is 3.76. The normalized spacial score (nSPS) is 19.9. The van der Waals surface area contributed by atoms with Gasteiger partial charge in [-0.1, -0.05) is 29.8 Å². The number of benzene rings is 1. The van der Waals surface area contributed by atoms with E-state index < -0.39 is 11.9 Å². The molecule has 3 N–H and O–H groups in total. The van der Waals surface area contributed by atoms with Crippen LogP contribution >= 0.6 is 15.9 Å². The van der Waals surface area contributed by atoms with Gasteiger partial charge in [-0.15, -0.1) is 0 Å². The number of methoxy groups -OCH3 is 2. The van der Waals surface area contributed by atoms with Crippen molar-refractivity contribution in [2.75, 3.05) is 20.8 Å². The van der Waals surface area contributed by atoms with Gasteiger partial charge in [-0.3, -0.25) is 4.79 Å². The molecule has 0 radical (unpaired) electrons. The first-order valence-electron chi connectivity index (χ1n) is 9.62. The van der Waals surface area contributed by atoms with Crippen molar-refractivity contribution >= 4 is 27.7 Å². The molecule has 0 bridgehead atoms. The number of Topliss-reactive ketones (excluding diaryl/α,β-unsaturated/α-hetero) is 1. The molecule has 0 amide bonds. The number of nitriles is 1. The predicted octanol–water partition coefficient (Wildman–Crippen LogP) is 3.03. The molecule has 0 fully saturated rings. The Bertz CT molecular complexity index is 1050. The Morgan fingerprint density at radius 2 is 2.03 bits per heavy atom. The monoisotopic (exact) mass is 489 g/mol. The number of hydrogen-bond acceptors (Lipinski definition) is 8. The van der Waals surface area contributed by atoms with E-state index in [0.717, 1.165) is 5.70 Å². The summed E-state index contributed by atoms with van der Waals surface area (Å²) in [7, 11) is 2.74. The van der Waals surface area contributed by atoms with Gasteiger partial charge in [0.2, 0.25) is 0 Å². The Balaban J connectivity index is 2.13. The van der Waals surface area contributed by atoms with Crippen LogP contribution in [0.4, 0.5) is 0 Å². The fourth-order valence-electron chi connectivity index (χ4n) is 3.99. The van der Waals surface area contributed by atoms with Gasteiger partial charge in [0.15, 0.2) is 23.9 Å². The molecule has 1 aliphatic carbocycles. The molecule has 164 valence electrons. The number of carbonyl (C=O) groups is 2. The summed E-state index contributed by atoms with van der Waals surface area (Å²) in [6.07, 6.45) is 1.01. The van der Waals surface area contributed by atoms with Gasteiger partial charge in [-0.2, -0.15) is 5.26 Å². The van der Waals surface area contributed by atoms with Crippen molar-refractivity contribution in [2.24, 2.45) is 11.1 Å². The van der Waals surface area contributed by atoms with Gasteiger partial charge in [-0.05, 0) is 29.5 Å². The maximum atomic E-state index is 13.1. The van der Waals surface area contributed by atoms with Gasteiger partial charge in [0.1, 0.15) is 5.82 Å². The van der Waals surface area contributed by atoms with E-state index in [-0.39, 0.29) is 29.2 Å². The zero-order valence-corrected chi connectivity index (χ0v) is 19.4. The molecule has 31 heavy (non-hydrogen) atoms. The molecular formula is C22H24BrN3O5. The van der Waals surface area contributed by atoms with Crippen LogP contribution in [0, 0.1) is 16.7 Å². The van der Waals surface area contributed by atoms with Crippen LogP contribution in [0.25, 0.3) is 0 Å². The lowest BCUT2D eigenvalue weighted by atomic mass is 9.69. The van der Waals surface area contributed by atoms with Gasteiger partial charge in [0.25, 0.3) is 0 Å². The number of carbonyl (C=O) groups excluding carboxylic acids is 2. The highest BCUT2D eigenvalue weighted by Crippen LogP contribution is 2.48. The van der Waals surface area contributed by atoms with Gasteiger partial charge in [-0.25, -0.2) is 4.79 Å². The number of hydrogen-bond donors (Lipinski definition) is 2. The lowest BCUT2D eigenvalue weighted by Crippen LogP contribution is -2.39. The molecule has 3 rings (SSSR count). The Morgan fingerprint density at radius 3 is 2.65 bits per heavy atom. The molecule has 0 saturated heterocycles. The Hall–Kier alpha value is -2.99. The van der Waals surface area contributed by atoms with Gasteiger partial charge in [0, 0.05) is 22.2 Å². The van der Waals surface area contributed by atoms with Crippen LogP contribution in [0.3, 0.4) is 0 Å². The van der Waals surface area contributed by atoms with E-state index in [4.69, 9.17) is 15.2 Å². The SMILES string of the molecule is COC(=O)COc1cc(Br)c([C@H]2C(C#N)=C(N)NC3=C2C(=O)CC(C)(C)C3)cc1OC. The minimum atomic E-state index is -0.650. The highest BCUT2D eigenvalue weighted by molar-refractivity contribution is 9.10. The molecule has 0 spiro atoms. The number of halogens is 1. The third kappa shape index (κ3) is 4.39. The quantitative estimate of drug-likeness (QED) is 0.604. The van der Waals surface area contributed by atoms with Gasteiger partial charge < -0.3 is 25.3 Å². The van der Waals surface area contributed by atoms with E-state index in [1.54, 1.807) is 12.1 Å². The van der Waals surface area contributed by atoms with E-state index in [0.29, 0.717) is 39.9 Å². The maximum Gasteiger partial charge on any atom is 0.343 e. The van der Waals surface area contributed by atoms with Crippen LogP contribution in [-0.2, 0) is 14.3 Å². The Labute approximate surface area is 189 Å². The van der Waals surface area contributed by atoms with Crippen molar-refractivity contribution in [3.63, 3.8) is 0 Å². The van der Waals surface area contributed by atoms with E-state index in [1.807, 2.05) is 13.8 Å². The van der Waals surface area contributed by atoms with Crippen molar-refractivity contribution in [2.45, 2.75) is 32.6 Å². The molecule has 1 atom stereocenters. The highest BCUT2D eigenvalue weighted by atomic mass is 79.9. The molecule has 9 heteroatoms. The minimum absolute atomic E-state index is 0.0270. The lowest BCUT2D eigenvalue weighted by Gasteiger charge is -2.38. The van der Waals surface area contributed by atoms with Crippen LogP contribution in [0.2, 0.25) is 0 Å². The predicted molar refractivity (Wildman–Crippen MR) is 116 cm³/mol. The first kappa shape index (κ1) is 22.7. The maximum absolute atomic E-state index is 13.1. The van der Waals surface area contributed by atoms with E-state index in [2.05, 4.69) is 32.1 Å². The summed E-state index contributed by atoms with van der Waals surface area (Å²) in [6, 6.07) is 5.49. The molecule has 1 aromatic rings. The number of allylic oxidation sites excluding steroid dienone is 3. The fourth-order valence-corrected chi connectivity index (χ4v) is 4.54. The first-order chi connectivity index (χ1) is 14.6. The average molecular weight is 490 g/mol. The van der Waals surface area contributed by atoms with E-state index in [9.17, 15) is 14.9 Å². The fraction of sp³-hybridized carbons (Fsp3) is 0.409. The summed E-state index contributed by atoms with van der Waals surface area (Å²) in [5.74, 6) is -0.314. The van der Waals surface area contributed by atoms with Crippen LogP contribution < -0.4 is 20.5 Å². The number of ether oxygens (including phenoxy) is 3. The van der Waals surface area contributed by atoms with Crippen molar-refractivity contribution < 1.29 is 23.8 Å². The van der Waals surface area contributed by atoms with Crippen LogP contribution in [0.15, 0.2) is 39.3 Å². The lowest BCUT2D eigenvalue weighted by molar-refractivity contribution is -0.142. The number of nitrogens with zero attached hydrogens (tertiary/aromatic N) is 1. The second-order valence-corrected chi connectivity index (χ2v) is 9.07. The zero-order valence-electron chi connectivity index (χ0n) is 17.8. The molecule has 8 nitrogen and oxygen atoms in total. The third-order valence-electron chi connectivity index (χ3n) is 5.36. The molecule has 1 aliphatic heterocycles. The summed E-state index contributed by atoms with van der Waals surface area (Å²) >= 11 is 3.53. The third-order valence-corrected chi connectivity index (χ3v) is 6.05. The molecule has 1 heterocycles. The zero-order chi connectivity index (χ0) is 22.9. The smallest absolute Gasteiger partial charge is 0.343 e. The van der Waals surface area contributed by atoms with Crippen LogP contribution in [-0.4, -0.2) is 32.6 Å². The molecular weight excluding hydrogens is 466 g/mol. The van der Waals surface area contributed by atoms with E-state index >= 15 is 0 Å². The number of dihydropyridines is 1. The summed E-state index contributed by atoms with van der Waals surface area (Å²) in [5, 5.41) is 12.9. The topological polar surface area (TPSA) is 124 Å². The number of nitrogens with one attached hydrogen (secondary N) is 1. The van der Waals surface area contributed by atoms with Crippen molar-refractivity contribution in [1.29, 1.82) is 5.26 Å². The number of nitrogens with two attached hydrogens (primary N) is 1. The largest absolute Gasteiger partial charge is 0.493 e. The van der Waals surface area contributed by atoms with Crippen LogP contribution in [0.5, 0.6) is 11.5 Å². The average Bonchev–Trinajstić information content (AvgIpc) is 2.70. The number of ketones is 1. The van der Waals surface area contributed by atoms with E-state index in [1.165, 1.54) is 14.2 Å². The van der Waals surface area contributed by atoms with Gasteiger partial charge >= 0.3 is 5.97 Å². The van der Waals surface area contributed by atoms with Crippen molar-refractivity contribution in [1.82, 2.24) is 5.32 Å². The summed E-state index contributed by atoms with van der Waals surface area (Å²) in [5.41, 5.74) is 8.15.